The van der Waals surface area contributed by atoms with Crippen LogP contribution in [0.2, 0.25) is 5.15 Å². The van der Waals surface area contributed by atoms with Crippen LogP contribution in [0.4, 0.5) is 10.6 Å². The summed E-state index contributed by atoms with van der Waals surface area (Å²) in [5.74, 6) is 1.78. The molecular formula is C20H25ClN4O2. The fraction of sp³-hybridized carbons (Fsp3) is 0.550. The quantitative estimate of drug-likeness (QED) is 0.828. The third kappa shape index (κ3) is 3.81. The summed E-state index contributed by atoms with van der Waals surface area (Å²) in [6.45, 7) is 7.24. The molecule has 0 bridgehead atoms. The number of hydrogen-bond acceptors (Lipinski definition) is 5. The number of nitrogens with zero attached hydrogens (tertiary/aromatic N) is 3. The second kappa shape index (κ2) is 6.82. The second-order valence-electron chi connectivity index (χ2n) is 8.60. The first-order chi connectivity index (χ1) is 12.8. The number of hydrogen-bond donors (Lipinski definition) is 1. The monoisotopic (exact) mass is 388 g/mol. The molecule has 1 amide bonds. The SMILES string of the molecule is CC(C)(C)OC(=O)N1C[C@H]2CC(Nc3nnc(Cl)c4ccccc34)C[C@H]2C1. The summed E-state index contributed by atoms with van der Waals surface area (Å²) >= 11 is 6.16. The molecule has 2 aliphatic rings. The number of halogens is 1. The third-order valence-corrected chi connectivity index (χ3v) is 5.66. The Morgan fingerprint density at radius 3 is 2.41 bits per heavy atom. The number of likely N-dealkylation sites (tertiary alicyclic amines) is 1. The van der Waals surface area contributed by atoms with Crippen molar-refractivity contribution in [3.63, 3.8) is 0 Å². The molecule has 1 N–H and O–H groups in total. The number of benzene rings is 1. The van der Waals surface area contributed by atoms with Gasteiger partial charge in [0.05, 0.1) is 0 Å². The van der Waals surface area contributed by atoms with Crippen LogP contribution in [0.5, 0.6) is 0 Å². The normalized spacial score (nSPS) is 24.9. The molecule has 27 heavy (non-hydrogen) atoms. The number of nitrogens with one attached hydrogen (secondary N) is 1. The van der Waals surface area contributed by atoms with Crippen LogP contribution in [-0.4, -0.2) is 45.9 Å². The fourth-order valence-corrected chi connectivity index (χ4v) is 4.47. The maximum atomic E-state index is 12.3. The minimum Gasteiger partial charge on any atom is -0.444 e. The van der Waals surface area contributed by atoms with Crippen molar-refractivity contribution in [2.24, 2.45) is 11.8 Å². The molecule has 2 fully saturated rings. The summed E-state index contributed by atoms with van der Waals surface area (Å²) in [4.78, 5) is 14.2. The van der Waals surface area contributed by atoms with Crippen molar-refractivity contribution in [3.8, 4) is 0 Å². The van der Waals surface area contributed by atoms with E-state index < -0.39 is 5.60 Å². The molecule has 1 saturated heterocycles. The van der Waals surface area contributed by atoms with Crippen LogP contribution < -0.4 is 5.32 Å². The summed E-state index contributed by atoms with van der Waals surface area (Å²) in [5, 5.41) is 14.2. The molecule has 1 unspecified atom stereocenters. The summed E-state index contributed by atoms with van der Waals surface area (Å²) in [7, 11) is 0. The summed E-state index contributed by atoms with van der Waals surface area (Å²) in [6.07, 6.45) is 1.83. The minimum atomic E-state index is -0.451. The highest BCUT2D eigenvalue weighted by Gasteiger charge is 2.43. The van der Waals surface area contributed by atoms with E-state index in [1.807, 2.05) is 49.9 Å². The number of anilines is 1. The number of ether oxygens (including phenoxy) is 1. The van der Waals surface area contributed by atoms with E-state index in [0.29, 0.717) is 23.0 Å². The molecule has 2 heterocycles. The number of carbonyl (C=O) groups excluding carboxylic acids is 1. The van der Waals surface area contributed by atoms with Crippen molar-refractivity contribution in [1.29, 1.82) is 0 Å². The zero-order valence-electron chi connectivity index (χ0n) is 15.9. The molecule has 1 aliphatic carbocycles. The van der Waals surface area contributed by atoms with Gasteiger partial charge in [-0.05, 0) is 45.4 Å². The molecule has 1 saturated carbocycles. The average Bonchev–Trinajstić information content (AvgIpc) is 3.15. The summed E-state index contributed by atoms with van der Waals surface area (Å²) in [5.41, 5.74) is -0.451. The lowest BCUT2D eigenvalue weighted by atomic mass is 10.0. The van der Waals surface area contributed by atoms with Crippen molar-refractivity contribution < 1.29 is 9.53 Å². The Balaban J connectivity index is 1.40. The van der Waals surface area contributed by atoms with E-state index in [-0.39, 0.29) is 6.09 Å². The predicted molar refractivity (Wildman–Crippen MR) is 106 cm³/mol. The van der Waals surface area contributed by atoms with E-state index in [1.165, 1.54) is 0 Å². The van der Waals surface area contributed by atoms with Crippen molar-refractivity contribution in [3.05, 3.63) is 29.4 Å². The molecule has 0 radical (unpaired) electrons. The van der Waals surface area contributed by atoms with Gasteiger partial charge < -0.3 is 15.0 Å². The van der Waals surface area contributed by atoms with Crippen LogP contribution in [0.3, 0.4) is 0 Å². The van der Waals surface area contributed by atoms with Gasteiger partial charge >= 0.3 is 6.09 Å². The van der Waals surface area contributed by atoms with E-state index in [2.05, 4.69) is 15.5 Å². The highest BCUT2D eigenvalue weighted by molar-refractivity contribution is 6.34. The lowest BCUT2D eigenvalue weighted by Crippen LogP contribution is -2.36. The fourth-order valence-electron chi connectivity index (χ4n) is 4.26. The van der Waals surface area contributed by atoms with Gasteiger partial charge in [0.25, 0.3) is 0 Å². The first-order valence-corrected chi connectivity index (χ1v) is 9.83. The average molecular weight is 389 g/mol. The van der Waals surface area contributed by atoms with E-state index in [1.54, 1.807) is 0 Å². The number of carbonyl (C=O) groups is 1. The Kier molecular flexibility index (Phi) is 4.62. The summed E-state index contributed by atoms with van der Waals surface area (Å²) < 4.78 is 5.51. The number of fused-ring (bicyclic) bond motifs is 2. The Bertz CT molecular complexity index is 853. The van der Waals surface area contributed by atoms with Gasteiger partial charge in [0.2, 0.25) is 0 Å². The minimum absolute atomic E-state index is 0.198. The zero-order chi connectivity index (χ0) is 19.2. The number of aromatic nitrogens is 2. The molecule has 1 aliphatic heterocycles. The molecule has 6 nitrogen and oxygen atoms in total. The van der Waals surface area contributed by atoms with Gasteiger partial charge in [0.1, 0.15) is 5.60 Å². The largest absolute Gasteiger partial charge is 0.444 e. The lowest BCUT2D eigenvalue weighted by molar-refractivity contribution is 0.0280. The molecule has 144 valence electrons. The zero-order valence-corrected chi connectivity index (χ0v) is 16.7. The van der Waals surface area contributed by atoms with Crippen LogP contribution >= 0.6 is 11.6 Å². The molecule has 0 spiro atoms. The third-order valence-electron chi connectivity index (χ3n) is 5.39. The first kappa shape index (κ1) is 18.3. The standard InChI is InChI=1S/C20H25ClN4O2/c1-20(2,3)27-19(26)25-10-12-8-14(9-13(12)11-25)22-18-16-7-5-4-6-15(16)17(21)23-24-18/h4-7,12-14H,8-11H2,1-3H3,(H,22,24)/t12-,13+,14?. The Morgan fingerprint density at radius 2 is 1.78 bits per heavy atom. The van der Waals surface area contributed by atoms with Crippen LogP contribution in [-0.2, 0) is 4.74 Å². The number of rotatable bonds is 2. The van der Waals surface area contributed by atoms with Crippen LogP contribution in [0, 0.1) is 11.8 Å². The highest BCUT2D eigenvalue weighted by Crippen LogP contribution is 2.40. The van der Waals surface area contributed by atoms with E-state index >= 15 is 0 Å². The van der Waals surface area contributed by atoms with Crippen molar-refractivity contribution in [2.45, 2.75) is 45.3 Å². The van der Waals surface area contributed by atoms with Crippen LogP contribution in [0.1, 0.15) is 33.6 Å². The van der Waals surface area contributed by atoms with E-state index in [4.69, 9.17) is 16.3 Å². The van der Waals surface area contributed by atoms with Gasteiger partial charge in [-0.25, -0.2) is 4.79 Å². The van der Waals surface area contributed by atoms with Gasteiger partial charge in [0, 0.05) is 29.9 Å². The molecule has 1 aromatic carbocycles. The second-order valence-corrected chi connectivity index (χ2v) is 8.96. The predicted octanol–water partition coefficient (Wildman–Crippen LogP) is 4.34. The van der Waals surface area contributed by atoms with E-state index in [0.717, 1.165) is 42.5 Å². The van der Waals surface area contributed by atoms with Crippen molar-refractivity contribution in [1.82, 2.24) is 15.1 Å². The van der Waals surface area contributed by atoms with Crippen molar-refractivity contribution >= 4 is 34.3 Å². The Hall–Kier alpha value is -2.08. The van der Waals surface area contributed by atoms with Gasteiger partial charge in [-0.2, -0.15) is 0 Å². The van der Waals surface area contributed by atoms with Gasteiger partial charge in [-0.3, -0.25) is 0 Å². The van der Waals surface area contributed by atoms with Crippen LogP contribution in [0.15, 0.2) is 24.3 Å². The molecule has 7 heteroatoms. The highest BCUT2D eigenvalue weighted by atomic mass is 35.5. The smallest absolute Gasteiger partial charge is 0.410 e. The van der Waals surface area contributed by atoms with Gasteiger partial charge in [-0.15, -0.1) is 10.2 Å². The van der Waals surface area contributed by atoms with Crippen LogP contribution in [0.25, 0.3) is 10.8 Å². The lowest BCUT2D eigenvalue weighted by Gasteiger charge is -2.25. The molecule has 2 aromatic rings. The maximum absolute atomic E-state index is 12.3. The Labute approximate surface area is 164 Å². The molecule has 3 atom stereocenters. The molecule has 1 aromatic heterocycles. The molecule has 4 rings (SSSR count). The number of amides is 1. The first-order valence-electron chi connectivity index (χ1n) is 9.45. The van der Waals surface area contributed by atoms with Gasteiger partial charge in [0.15, 0.2) is 11.0 Å². The van der Waals surface area contributed by atoms with Crippen molar-refractivity contribution in [2.75, 3.05) is 18.4 Å². The molecular weight excluding hydrogens is 364 g/mol. The van der Waals surface area contributed by atoms with Gasteiger partial charge in [-0.1, -0.05) is 35.9 Å². The van der Waals surface area contributed by atoms with E-state index in [9.17, 15) is 4.79 Å². The topological polar surface area (TPSA) is 67.3 Å². The Morgan fingerprint density at radius 1 is 1.15 bits per heavy atom. The summed E-state index contributed by atoms with van der Waals surface area (Å²) in [6, 6.07) is 8.23. The maximum Gasteiger partial charge on any atom is 0.410 e.